The number of benzene rings is 1. The summed E-state index contributed by atoms with van der Waals surface area (Å²) in [5, 5.41) is 0. The van der Waals surface area contributed by atoms with Gasteiger partial charge in [0.1, 0.15) is 0 Å². The van der Waals surface area contributed by atoms with E-state index in [1.165, 1.54) is 27.1 Å². The topological polar surface area (TPSA) is 0 Å². The molecular weight excluding hydrogens is 236 g/mol. The maximum absolute atomic E-state index is 2.41. The van der Waals surface area contributed by atoms with E-state index in [1.807, 2.05) is 11.3 Å². The number of hydrogen-bond donors (Lipinski definition) is 0. The summed E-state index contributed by atoms with van der Waals surface area (Å²) in [5.41, 5.74) is 5.96. The molecule has 0 atom stereocenters. The lowest BCUT2D eigenvalue weighted by Crippen LogP contribution is -1.90. The van der Waals surface area contributed by atoms with Gasteiger partial charge in [-0.1, -0.05) is 45.9 Å². The Labute approximate surface area is 114 Å². The third-order valence-electron chi connectivity index (χ3n) is 3.83. The van der Waals surface area contributed by atoms with Crippen LogP contribution in [0.25, 0.3) is 11.1 Å². The predicted molar refractivity (Wildman–Crippen MR) is 80.7 cm³/mol. The summed E-state index contributed by atoms with van der Waals surface area (Å²) >= 11 is 2.00. The Hall–Kier alpha value is -1.08. The van der Waals surface area contributed by atoms with Gasteiger partial charge in [0.05, 0.1) is 0 Å². The fraction of sp³-hybridized carbons (Fsp3) is 0.412. The number of fused-ring (bicyclic) bond motifs is 3. The minimum atomic E-state index is 0.625. The first-order chi connectivity index (χ1) is 8.56. The third kappa shape index (κ3) is 1.81. The van der Waals surface area contributed by atoms with E-state index in [0.717, 1.165) is 6.42 Å². The zero-order valence-electron chi connectivity index (χ0n) is 11.6. The first kappa shape index (κ1) is 12.0. The number of hydrogen-bond acceptors (Lipinski definition) is 1. The summed E-state index contributed by atoms with van der Waals surface area (Å²) in [6.07, 6.45) is 1.14. The number of thiophene rings is 1. The minimum Gasteiger partial charge on any atom is -0.144 e. The van der Waals surface area contributed by atoms with Crippen LogP contribution in [-0.2, 0) is 6.42 Å². The Kier molecular flexibility index (Phi) is 2.82. The molecule has 1 aliphatic rings. The molecule has 0 bridgehead atoms. The Morgan fingerprint density at radius 1 is 0.944 bits per heavy atom. The third-order valence-corrected chi connectivity index (χ3v) is 5.27. The van der Waals surface area contributed by atoms with Gasteiger partial charge in [0.2, 0.25) is 0 Å². The van der Waals surface area contributed by atoms with Gasteiger partial charge < -0.3 is 0 Å². The molecule has 0 radical (unpaired) electrons. The fourth-order valence-corrected chi connectivity index (χ4v) is 3.85. The van der Waals surface area contributed by atoms with Crippen molar-refractivity contribution in [2.75, 3.05) is 0 Å². The fourth-order valence-electron chi connectivity index (χ4n) is 2.65. The molecular formula is C17H20S. The Balaban J connectivity index is 2.05. The lowest BCUT2D eigenvalue weighted by molar-refractivity contribution is 0.864. The van der Waals surface area contributed by atoms with Gasteiger partial charge >= 0.3 is 0 Å². The van der Waals surface area contributed by atoms with Crippen molar-refractivity contribution >= 4 is 11.3 Å². The smallest absolute Gasteiger partial charge is 0.0171 e. The van der Waals surface area contributed by atoms with Crippen LogP contribution in [-0.4, -0.2) is 0 Å². The summed E-state index contributed by atoms with van der Waals surface area (Å²) in [6, 6.07) is 9.44. The maximum atomic E-state index is 2.41. The molecule has 0 N–H and O–H groups in total. The lowest BCUT2D eigenvalue weighted by Gasteiger charge is -2.08. The highest BCUT2D eigenvalue weighted by molar-refractivity contribution is 7.12. The van der Waals surface area contributed by atoms with Crippen molar-refractivity contribution in [3.8, 4) is 11.1 Å². The van der Waals surface area contributed by atoms with Crippen LogP contribution in [0.4, 0.5) is 0 Å². The van der Waals surface area contributed by atoms with Gasteiger partial charge in [-0.15, -0.1) is 11.3 Å². The molecule has 1 heteroatoms. The van der Waals surface area contributed by atoms with Crippen LogP contribution in [0.2, 0.25) is 0 Å². The van der Waals surface area contributed by atoms with Gasteiger partial charge in [0, 0.05) is 16.2 Å². The van der Waals surface area contributed by atoms with Gasteiger partial charge in [0.25, 0.3) is 0 Å². The quantitative estimate of drug-likeness (QED) is 0.562. The molecule has 1 aromatic carbocycles. The van der Waals surface area contributed by atoms with Crippen molar-refractivity contribution < 1.29 is 0 Å². The maximum Gasteiger partial charge on any atom is 0.0171 e. The van der Waals surface area contributed by atoms with Crippen LogP contribution in [0.15, 0.2) is 24.3 Å². The highest BCUT2D eigenvalue weighted by Crippen LogP contribution is 2.44. The first-order valence-corrected chi connectivity index (χ1v) is 7.63. The Bertz CT molecular complexity index is 588. The highest BCUT2D eigenvalue weighted by atomic mass is 32.1. The van der Waals surface area contributed by atoms with Crippen LogP contribution < -0.4 is 0 Å². The van der Waals surface area contributed by atoms with Crippen LogP contribution in [0, 0.1) is 0 Å². The second-order valence-corrected chi connectivity index (χ2v) is 7.06. The van der Waals surface area contributed by atoms with Crippen molar-refractivity contribution in [1.29, 1.82) is 0 Å². The van der Waals surface area contributed by atoms with Crippen molar-refractivity contribution in [1.82, 2.24) is 0 Å². The van der Waals surface area contributed by atoms with Gasteiger partial charge in [-0.05, 0) is 40.2 Å². The van der Waals surface area contributed by atoms with Gasteiger partial charge in [-0.3, -0.25) is 0 Å². The average molecular weight is 256 g/mol. The molecule has 94 valence electrons. The van der Waals surface area contributed by atoms with Crippen LogP contribution in [0.1, 0.15) is 60.4 Å². The number of rotatable bonds is 2. The van der Waals surface area contributed by atoms with E-state index in [1.54, 1.807) is 4.88 Å². The summed E-state index contributed by atoms with van der Waals surface area (Å²) in [7, 11) is 0. The van der Waals surface area contributed by atoms with Crippen LogP contribution in [0.5, 0.6) is 0 Å². The van der Waals surface area contributed by atoms with E-state index >= 15 is 0 Å². The zero-order chi connectivity index (χ0) is 12.9. The molecule has 0 nitrogen and oxygen atoms in total. The monoisotopic (exact) mass is 256 g/mol. The summed E-state index contributed by atoms with van der Waals surface area (Å²) in [6.45, 7) is 9.10. The summed E-state index contributed by atoms with van der Waals surface area (Å²) in [5.74, 6) is 1.28. The van der Waals surface area contributed by atoms with Gasteiger partial charge in [-0.2, -0.15) is 0 Å². The zero-order valence-corrected chi connectivity index (χ0v) is 12.4. The predicted octanol–water partition coefficient (Wildman–Crippen LogP) is 5.57. The molecule has 1 heterocycles. The molecule has 0 aliphatic heterocycles. The molecule has 0 fully saturated rings. The highest BCUT2D eigenvalue weighted by Gasteiger charge is 2.22. The van der Waals surface area contributed by atoms with E-state index in [2.05, 4.69) is 52.0 Å². The second-order valence-electron chi connectivity index (χ2n) is 5.89. The van der Waals surface area contributed by atoms with E-state index < -0.39 is 0 Å². The molecule has 2 aromatic rings. The minimum absolute atomic E-state index is 0.625. The Morgan fingerprint density at radius 3 is 2.39 bits per heavy atom. The van der Waals surface area contributed by atoms with Crippen LogP contribution in [0.3, 0.4) is 0 Å². The molecule has 0 amide bonds. The van der Waals surface area contributed by atoms with E-state index in [-0.39, 0.29) is 0 Å². The van der Waals surface area contributed by atoms with Crippen molar-refractivity contribution in [3.05, 3.63) is 45.1 Å². The molecule has 1 aliphatic carbocycles. The molecule has 0 unspecified atom stereocenters. The standard InChI is InChI=1S/C17H20S/c1-10(2)12-5-6-14-13(7-12)8-17-15(14)9-16(18-17)11(3)4/h5-7,9-11H,8H2,1-4H3. The van der Waals surface area contributed by atoms with Gasteiger partial charge in [0.15, 0.2) is 0 Å². The lowest BCUT2D eigenvalue weighted by atomic mass is 9.97. The van der Waals surface area contributed by atoms with E-state index in [0.29, 0.717) is 11.8 Å². The molecule has 0 spiro atoms. The molecule has 0 saturated heterocycles. The molecule has 0 saturated carbocycles. The van der Waals surface area contributed by atoms with Crippen molar-refractivity contribution in [2.24, 2.45) is 0 Å². The summed E-state index contributed by atoms with van der Waals surface area (Å²) < 4.78 is 0. The SMILES string of the molecule is CC(C)c1ccc2c(c1)Cc1sc(C(C)C)cc1-2. The normalized spacial score (nSPS) is 13.2. The largest absolute Gasteiger partial charge is 0.144 e. The average Bonchev–Trinajstić information content (AvgIpc) is 2.84. The van der Waals surface area contributed by atoms with Crippen LogP contribution >= 0.6 is 11.3 Å². The molecule has 3 rings (SSSR count). The van der Waals surface area contributed by atoms with E-state index in [9.17, 15) is 0 Å². The van der Waals surface area contributed by atoms with Gasteiger partial charge in [-0.25, -0.2) is 0 Å². The van der Waals surface area contributed by atoms with Crippen molar-refractivity contribution in [2.45, 2.75) is 46.0 Å². The molecule has 1 aromatic heterocycles. The second kappa shape index (κ2) is 4.24. The Morgan fingerprint density at radius 2 is 1.72 bits per heavy atom. The van der Waals surface area contributed by atoms with E-state index in [4.69, 9.17) is 0 Å². The first-order valence-electron chi connectivity index (χ1n) is 6.82. The van der Waals surface area contributed by atoms with Crippen molar-refractivity contribution in [3.63, 3.8) is 0 Å². The molecule has 18 heavy (non-hydrogen) atoms. The summed E-state index contributed by atoms with van der Waals surface area (Å²) in [4.78, 5) is 3.09.